The Hall–Kier alpha value is -1.45. The third-order valence-corrected chi connectivity index (χ3v) is 3.23. The zero-order valence-corrected chi connectivity index (χ0v) is 9.46. The molecule has 0 bridgehead atoms. The van der Waals surface area contributed by atoms with Gasteiger partial charge in [-0.05, 0) is 23.5 Å². The molecular weight excluding hydrogens is 224 g/mol. The molecule has 1 aliphatic carbocycles. The summed E-state index contributed by atoms with van der Waals surface area (Å²) >= 11 is 0. The Morgan fingerprint density at radius 1 is 1.35 bits per heavy atom. The summed E-state index contributed by atoms with van der Waals surface area (Å²) in [4.78, 5) is 10.7. The van der Waals surface area contributed by atoms with E-state index in [1.807, 2.05) is 12.1 Å². The van der Waals surface area contributed by atoms with Gasteiger partial charge in [-0.1, -0.05) is 24.3 Å². The monoisotopic (exact) mass is 239 g/mol. The van der Waals surface area contributed by atoms with Crippen LogP contribution in [-0.4, -0.2) is 11.8 Å². The van der Waals surface area contributed by atoms with E-state index in [2.05, 4.69) is 0 Å². The molecule has 1 saturated carbocycles. The number of primary amides is 1. The van der Waals surface area contributed by atoms with Crippen molar-refractivity contribution in [2.75, 3.05) is 0 Å². The fourth-order valence-electron chi connectivity index (χ4n) is 2.34. The minimum Gasteiger partial charge on any atom is -0.369 e. The van der Waals surface area contributed by atoms with Crippen LogP contribution in [0.25, 0.3) is 0 Å². The van der Waals surface area contributed by atoms with Gasteiger partial charge in [-0.25, -0.2) is 8.78 Å². The highest BCUT2D eigenvalue weighted by Crippen LogP contribution is 2.44. The number of hydrogen-bond donors (Lipinski definition) is 1. The van der Waals surface area contributed by atoms with Crippen LogP contribution >= 0.6 is 0 Å². The maximum Gasteiger partial charge on any atom is 0.248 e. The number of carbonyl (C=O) groups excluding carboxylic acids is 1. The molecule has 1 aromatic rings. The van der Waals surface area contributed by atoms with Crippen LogP contribution in [0.3, 0.4) is 0 Å². The fraction of sp³-hybridized carbons (Fsp3) is 0.462. The highest BCUT2D eigenvalue weighted by Gasteiger charge is 2.39. The van der Waals surface area contributed by atoms with Crippen LogP contribution in [0.15, 0.2) is 24.3 Å². The average Bonchev–Trinajstić information content (AvgIpc) is 2.59. The lowest BCUT2D eigenvalue weighted by Gasteiger charge is -2.11. The summed E-state index contributed by atoms with van der Waals surface area (Å²) in [5, 5.41) is 0. The van der Waals surface area contributed by atoms with Gasteiger partial charge in [0.15, 0.2) is 0 Å². The number of benzene rings is 1. The molecule has 1 aliphatic rings. The van der Waals surface area contributed by atoms with Crippen LogP contribution in [0.2, 0.25) is 0 Å². The van der Waals surface area contributed by atoms with Crippen molar-refractivity contribution in [2.24, 2.45) is 5.73 Å². The van der Waals surface area contributed by atoms with Crippen molar-refractivity contribution in [1.29, 1.82) is 0 Å². The second-order valence-corrected chi connectivity index (χ2v) is 4.68. The van der Waals surface area contributed by atoms with Gasteiger partial charge in [-0.3, -0.25) is 4.79 Å². The van der Waals surface area contributed by atoms with Crippen LogP contribution in [0.5, 0.6) is 0 Å². The largest absolute Gasteiger partial charge is 0.369 e. The van der Waals surface area contributed by atoms with Gasteiger partial charge in [0.2, 0.25) is 11.8 Å². The maximum atomic E-state index is 13.1. The third-order valence-electron chi connectivity index (χ3n) is 3.23. The first-order valence-electron chi connectivity index (χ1n) is 5.71. The predicted molar refractivity (Wildman–Crippen MR) is 60.9 cm³/mol. The lowest BCUT2D eigenvalue weighted by Crippen LogP contribution is -2.13. The zero-order chi connectivity index (χ0) is 12.5. The molecule has 0 radical (unpaired) electrons. The van der Waals surface area contributed by atoms with Gasteiger partial charge in [0.25, 0.3) is 0 Å². The summed E-state index contributed by atoms with van der Waals surface area (Å²) in [5.41, 5.74) is 6.83. The molecule has 0 heterocycles. The zero-order valence-electron chi connectivity index (χ0n) is 9.46. The van der Waals surface area contributed by atoms with Gasteiger partial charge in [-0.15, -0.1) is 0 Å². The normalized spacial score (nSPS) is 22.6. The van der Waals surface area contributed by atoms with Crippen molar-refractivity contribution in [1.82, 2.24) is 0 Å². The van der Waals surface area contributed by atoms with Crippen molar-refractivity contribution >= 4 is 5.91 Å². The van der Waals surface area contributed by atoms with Crippen molar-refractivity contribution in [3.8, 4) is 0 Å². The summed E-state index contributed by atoms with van der Waals surface area (Å²) in [6.07, 6.45) is 0.631. The fourth-order valence-corrected chi connectivity index (χ4v) is 2.34. The predicted octanol–water partition coefficient (Wildman–Crippen LogP) is 2.62. The molecule has 0 spiro atoms. The molecule has 2 rings (SSSR count). The SMILES string of the molecule is NC(=O)Cc1ccc(C2CCC(F)(F)C2)cc1. The smallest absolute Gasteiger partial charge is 0.248 e. The second-order valence-electron chi connectivity index (χ2n) is 4.68. The first-order valence-corrected chi connectivity index (χ1v) is 5.71. The molecule has 0 saturated heterocycles. The van der Waals surface area contributed by atoms with Crippen LogP contribution in [-0.2, 0) is 11.2 Å². The summed E-state index contributed by atoms with van der Waals surface area (Å²) in [6, 6.07) is 7.22. The standard InChI is InChI=1S/C13H15F2NO/c14-13(15)6-5-11(8-13)10-3-1-9(2-4-10)7-12(16)17/h1-4,11H,5-8H2,(H2,16,17). The summed E-state index contributed by atoms with van der Waals surface area (Å²) in [6.45, 7) is 0. The lowest BCUT2D eigenvalue weighted by molar-refractivity contribution is -0.117. The minimum atomic E-state index is -2.52. The Morgan fingerprint density at radius 3 is 2.47 bits per heavy atom. The molecule has 2 N–H and O–H groups in total. The van der Waals surface area contributed by atoms with Crippen LogP contribution in [0.1, 0.15) is 36.3 Å². The Labute approximate surface area is 98.8 Å². The molecule has 2 nitrogen and oxygen atoms in total. The molecule has 1 atom stereocenters. The number of rotatable bonds is 3. The molecule has 1 fully saturated rings. The third kappa shape index (κ3) is 3.02. The lowest BCUT2D eigenvalue weighted by atomic mass is 9.96. The van der Waals surface area contributed by atoms with Crippen molar-refractivity contribution in [3.63, 3.8) is 0 Å². The van der Waals surface area contributed by atoms with Crippen LogP contribution in [0, 0.1) is 0 Å². The molecule has 17 heavy (non-hydrogen) atoms. The molecule has 1 amide bonds. The van der Waals surface area contributed by atoms with Gasteiger partial charge in [0.05, 0.1) is 6.42 Å². The van der Waals surface area contributed by atoms with E-state index in [-0.39, 0.29) is 31.1 Å². The van der Waals surface area contributed by atoms with Gasteiger partial charge in [0, 0.05) is 12.8 Å². The van der Waals surface area contributed by atoms with E-state index < -0.39 is 5.92 Å². The molecule has 0 aromatic heterocycles. The number of halogens is 2. The summed E-state index contributed by atoms with van der Waals surface area (Å²) < 4.78 is 26.1. The number of nitrogens with two attached hydrogens (primary N) is 1. The van der Waals surface area contributed by atoms with E-state index in [1.165, 1.54) is 0 Å². The highest BCUT2D eigenvalue weighted by molar-refractivity contribution is 5.76. The molecule has 92 valence electrons. The van der Waals surface area contributed by atoms with Gasteiger partial charge >= 0.3 is 0 Å². The molecule has 1 aromatic carbocycles. The van der Waals surface area contributed by atoms with E-state index >= 15 is 0 Å². The number of hydrogen-bond acceptors (Lipinski definition) is 1. The van der Waals surface area contributed by atoms with E-state index in [4.69, 9.17) is 5.73 Å². The van der Waals surface area contributed by atoms with E-state index in [1.54, 1.807) is 12.1 Å². The topological polar surface area (TPSA) is 43.1 Å². The van der Waals surface area contributed by atoms with Gasteiger partial charge in [-0.2, -0.15) is 0 Å². The Bertz CT molecular complexity index is 414. The van der Waals surface area contributed by atoms with Crippen molar-refractivity contribution < 1.29 is 13.6 Å². The Balaban J connectivity index is 2.06. The first-order chi connectivity index (χ1) is 7.96. The molecule has 4 heteroatoms. The maximum absolute atomic E-state index is 13.1. The minimum absolute atomic E-state index is 0.0271. The molecule has 0 aliphatic heterocycles. The summed E-state index contributed by atoms with van der Waals surface area (Å²) in [5.74, 6) is -2.96. The van der Waals surface area contributed by atoms with Crippen LogP contribution in [0.4, 0.5) is 8.78 Å². The summed E-state index contributed by atoms with van der Waals surface area (Å²) in [7, 11) is 0. The Kier molecular flexibility index (Phi) is 3.13. The van der Waals surface area contributed by atoms with Gasteiger partial charge in [0.1, 0.15) is 0 Å². The molecule has 1 unspecified atom stereocenters. The van der Waals surface area contributed by atoms with Crippen molar-refractivity contribution in [3.05, 3.63) is 35.4 Å². The van der Waals surface area contributed by atoms with E-state index in [0.717, 1.165) is 11.1 Å². The van der Waals surface area contributed by atoms with E-state index in [0.29, 0.717) is 6.42 Å². The van der Waals surface area contributed by atoms with Crippen LogP contribution < -0.4 is 5.73 Å². The number of amides is 1. The molecular formula is C13H15F2NO. The quantitative estimate of drug-likeness (QED) is 0.865. The van der Waals surface area contributed by atoms with Crippen molar-refractivity contribution in [2.45, 2.75) is 37.5 Å². The van der Waals surface area contributed by atoms with E-state index in [9.17, 15) is 13.6 Å². The number of alkyl halides is 2. The second kappa shape index (κ2) is 4.43. The number of carbonyl (C=O) groups is 1. The highest BCUT2D eigenvalue weighted by atomic mass is 19.3. The first kappa shape index (κ1) is 12.0. The Morgan fingerprint density at radius 2 is 2.00 bits per heavy atom. The average molecular weight is 239 g/mol. The van der Waals surface area contributed by atoms with Gasteiger partial charge < -0.3 is 5.73 Å².